The molecule has 3 rings (SSSR count). The van der Waals surface area contributed by atoms with Gasteiger partial charge in [0.2, 0.25) is 0 Å². The van der Waals surface area contributed by atoms with E-state index >= 15 is 0 Å². The minimum Gasteiger partial charge on any atom is -0.383 e. The van der Waals surface area contributed by atoms with Crippen LogP contribution in [0.5, 0.6) is 0 Å². The Hall–Kier alpha value is -1.73. The van der Waals surface area contributed by atoms with E-state index in [1.807, 2.05) is 6.92 Å². The molecular formula is C17H23N3O3S. The zero-order valence-electron chi connectivity index (χ0n) is 14.1. The largest absolute Gasteiger partial charge is 0.383 e. The number of aryl methyl sites for hydroxylation is 1. The first kappa shape index (κ1) is 17.1. The molecule has 6 nitrogen and oxygen atoms in total. The van der Waals surface area contributed by atoms with Crippen LogP contribution in [-0.2, 0) is 11.3 Å². The van der Waals surface area contributed by atoms with Gasteiger partial charge in [-0.1, -0.05) is 19.3 Å². The Morgan fingerprint density at radius 1 is 1.42 bits per heavy atom. The summed E-state index contributed by atoms with van der Waals surface area (Å²) in [6, 6.07) is 0.252. The fraction of sp³-hybridized carbons (Fsp3) is 0.588. The van der Waals surface area contributed by atoms with Crippen LogP contribution in [0.15, 0.2) is 11.1 Å². The highest BCUT2D eigenvalue weighted by Gasteiger charge is 2.22. The number of aromatic nitrogens is 2. The van der Waals surface area contributed by atoms with Crippen molar-refractivity contribution in [1.82, 2.24) is 14.9 Å². The third-order valence-electron chi connectivity index (χ3n) is 4.60. The van der Waals surface area contributed by atoms with E-state index in [0.717, 1.165) is 18.4 Å². The Morgan fingerprint density at radius 2 is 2.17 bits per heavy atom. The van der Waals surface area contributed by atoms with Crippen molar-refractivity contribution in [3.63, 3.8) is 0 Å². The minimum atomic E-state index is -0.109. The van der Waals surface area contributed by atoms with Crippen LogP contribution < -0.4 is 10.9 Å². The highest BCUT2D eigenvalue weighted by molar-refractivity contribution is 7.20. The van der Waals surface area contributed by atoms with Gasteiger partial charge in [-0.15, -0.1) is 11.3 Å². The predicted molar refractivity (Wildman–Crippen MR) is 94.8 cm³/mol. The number of fused-ring (bicyclic) bond motifs is 1. The molecule has 0 radical (unpaired) electrons. The summed E-state index contributed by atoms with van der Waals surface area (Å²) in [7, 11) is 1.60. The van der Waals surface area contributed by atoms with Gasteiger partial charge in [-0.3, -0.25) is 14.2 Å². The van der Waals surface area contributed by atoms with Crippen LogP contribution in [0.3, 0.4) is 0 Å². The zero-order chi connectivity index (χ0) is 17.1. The van der Waals surface area contributed by atoms with E-state index in [0.29, 0.717) is 28.2 Å². The number of nitrogens with one attached hydrogen (secondary N) is 1. The molecule has 0 atom stereocenters. The molecule has 2 aromatic heterocycles. The molecule has 1 fully saturated rings. The van der Waals surface area contributed by atoms with Crippen LogP contribution in [0.1, 0.15) is 47.3 Å². The zero-order valence-corrected chi connectivity index (χ0v) is 14.9. The van der Waals surface area contributed by atoms with Crippen LogP contribution >= 0.6 is 11.3 Å². The van der Waals surface area contributed by atoms with Crippen LogP contribution in [0.4, 0.5) is 0 Å². The molecule has 1 aliphatic rings. The first-order valence-electron chi connectivity index (χ1n) is 8.40. The summed E-state index contributed by atoms with van der Waals surface area (Å²) in [5.41, 5.74) is 0.620. The summed E-state index contributed by atoms with van der Waals surface area (Å²) in [5.74, 6) is -0.0785. The molecular weight excluding hydrogens is 326 g/mol. The molecule has 130 valence electrons. The molecule has 2 heterocycles. The first-order chi connectivity index (χ1) is 11.6. The summed E-state index contributed by atoms with van der Waals surface area (Å²) in [6.07, 6.45) is 7.20. The smallest absolute Gasteiger partial charge is 0.262 e. The van der Waals surface area contributed by atoms with E-state index in [2.05, 4.69) is 10.3 Å². The van der Waals surface area contributed by atoms with Crippen molar-refractivity contribution in [2.75, 3.05) is 13.7 Å². The average Bonchev–Trinajstić information content (AvgIpc) is 2.93. The second-order valence-corrected chi connectivity index (χ2v) is 7.28. The molecule has 7 heteroatoms. The van der Waals surface area contributed by atoms with Gasteiger partial charge >= 0.3 is 0 Å². The van der Waals surface area contributed by atoms with Gasteiger partial charge in [-0.05, 0) is 25.3 Å². The Kier molecular flexibility index (Phi) is 5.30. The van der Waals surface area contributed by atoms with Crippen LogP contribution in [-0.4, -0.2) is 35.2 Å². The number of nitrogens with zero attached hydrogens (tertiary/aromatic N) is 2. The Balaban J connectivity index is 1.88. The molecule has 1 aliphatic carbocycles. The lowest BCUT2D eigenvalue weighted by molar-refractivity contribution is 0.0931. The number of carbonyl (C=O) groups is 1. The monoisotopic (exact) mass is 349 g/mol. The maximum absolute atomic E-state index is 12.6. The molecule has 0 aromatic carbocycles. The van der Waals surface area contributed by atoms with E-state index in [1.54, 1.807) is 7.11 Å². The molecule has 0 spiro atoms. The SMILES string of the molecule is COCCn1cnc2sc(C(=O)NC3CCCCC3)c(C)c2c1=O. The lowest BCUT2D eigenvalue weighted by Gasteiger charge is -2.22. The number of hydrogen-bond acceptors (Lipinski definition) is 5. The van der Waals surface area contributed by atoms with Crippen LogP contribution in [0, 0.1) is 6.92 Å². The maximum atomic E-state index is 12.6. The van der Waals surface area contributed by atoms with Gasteiger partial charge in [0.1, 0.15) is 4.83 Å². The topological polar surface area (TPSA) is 73.2 Å². The molecule has 0 bridgehead atoms. The van der Waals surface area contributed by atoms with E-state index in [1.165, 1.54) is 41.5 Å². The van der Waals surface area contributed by atoms with Crippen LogP contribution in [0.2, 0.25) is 0 Å². The second kappa shape index (κ2) is 7.44. The third kappa shape index (κ3) is 3.37. The number of methoxy groups -OCH3 is 1. The Morgan fingerprint density at radius 3 is 2.88 bits per heavy atom. The van der Waals surface area contributed by atoms with Gasteiger partial charge in [-0.25, -0.2) is 4.98 Å². The molecule has 1 amide bonds. The van der Waals surface area contributed by atoms with Crippen molar-refractivity contribution < 1.29 is 9.53 Å². The van der Waals surface area contributed by atoms with E-state index < -0.39 is 0 Å². The minimum absolute atomic E-state index is 0.0785. The highest BCUT2D eigenvalue weighted by Crippen LogP contribution is 2.27. The van der Waals surface area contributed by atoms with Gasteiger partial charge in [0, 0.05) is 13.2 Å². The molecule has 0 unspecified atom stereocenters. The van der Waals surface area contributed by atoms with Crippen molar-refractivity contribution in [2.45, 2.75) is 51.6 Å². The lowest BCUT2D eigenvalue weighted by atomic mass is 9.95. The molecule has 1 N–H and O–H groups in total. The molecule has 0 aliphatic heterocycles. The number of ether oxygens (including phenoxy) is 1. The van der Waals surface area contributed by atoms with Crippen molar-refractivity contribution in [3.8, 4) is 0 Å². The standard InChI is InChI=1S/C17H23N3O3S/c1-11-13-16(18-10-20(17(13)22)8-9-23-2)24-14(11)15(21)19-12-6-4-3-5-7-12/h10,12H,3-9H2,1-2H3,(H,19,21). The van der Waals surface area contributed by atoms with E-state index in [9.17, 15) is 9.59 Å². The molecule has 0 saturated heterocycles. The van der Waals surface area contributed by atoms with Crippen LogP contribution in [0.25, 0.3) is 10.2 Å². The summed E-state index contributed by atoms with van der Waals surface area (Å²) >= 11 is 1.30. The van der Waals surface area contributed by atoms with Gasteiger partial charge in [-0.2, -0.15) is 0 Å². The number of amides is 1. The summed E-state index contributed by atoms with van der Waals surface area (Å²) < 4.78 is 6.56. The van der Waals surface area contributed by atoms with Crippen molar-refractivity contribution in [3.05, 3.63) is 27.1 Å². The Labute approximate surface area is 144 Å². The summed E-state index contributed by atoms with van der Waals surface area (Å²) in [6.45, 7) is 2.74. The summed E-state index contributed by atoms with van der Waals surface area (Å²) in [5, 5.41) is 3.67. The second-order valence-electron chi connectivity index (χ2n) is 6.28. The molecule has 2 aromatic rings. The summed E-state index contributed by atoms with van der Waals surface area (Å²) in [4.78, 5) is 30.8. The number of thiophene rings is 1. The lowest BCUT2D eigenvalue weighted by Crippen LogP contribution is -2.36. The fourth-order valence-corrected chi connectivity index (χ4v) is 4.27. The van der Waals surface area contributed by atoms with Gasteiger partial charge in [0.05, 0.1) is 29.7 Å². The van der Waals surface area contributed by atoms with Crippen molar-refractivity contribution in [2.24, 2.45) is 0 Å². The van der Waals surface area contributed by atoms with Gasteiger partial charge < -0.3 is 10.1 Å². The quantitative estimate of drug-likeness (QED) is 0.900. The van der Waals surface area contributed by atoms with E-state index in [-0.39, 0.29) is 17.5 Å². The fourth-order valence-electron chi connectivity index (χ4n) is 3.22. The first-order valence-corrected chi connectivity index (χ1v) is 9.21. The number of carbonyl (C=O) groups excluding carboxylic acids is 1. The molecule has 1 saturated carbocycles. The number of rotatable bonds is 5. The van der Waals surface area contributed by atoms with E-state index in [4.69, 9.17) is 4.74 Å². The van der Waals surface area contributed by atoms with Gasteiger partial charge in [0.15, 0.2) is 0 Å². The Bertz CT molecular complexity index is 790. The maximum Gasteiger partial charge on any atom is 0.262 e. The average molecular weight is 349 g/mol. The highest BCUT2D eigenvalue weighted by atomic mass is 32.1. The van der Waals surface area contributed by atoms with Crippen molar-refractivity contribution in [1.29, 1.82) is 0 Å². The number of hydrogen-bond donors (Lipinski definition) is 1. The van der Waals surface area contributed by atoms with Gasteiger partial charge in [0.25, 0.3) is 11.5 Å². The predicted octanol–water partition coefficient (Wildman–Crippen LogP) is 2.48. The third-order valence-corrected chi connectivity index (χ3v) is 5.80. The molecule has 24 heavy (non-hydrogen) atoms. The van der Waals surface area contributed by atoms with Crippen molar-refractivity contribution >= 4 is 27.5 Å². The normalized spacial score (nSPS) is 15.8.